The van der Waals surface area contributed by atoms with Crippen LogP contribution in [0.3, 0.4) is 0 Å². The van der Waals surface area contributed by atoms with Gasteiger partial charge in [0.1, 0.15) is 0 Å². The summed E-state index contributed by atoms with van der Waals surface area (Å²) in [4.78, 5) is 17.1. The third kappa shape index (κ3) is 3.53. The molecule has 0 bridgehead atoms. The average Bonchev–Trinajstić information content (AvgIpc) is 3.20. The van der Waals surface area contributed by atoms with Crippen LogP contribution in [0.1, 0.15) is 40.5 Å². The first kappa shape index (κ1) is 15.8. The molecule has 1 aliphatic carbocycles. The summed E-state index contributed by atoms with van der Waals surface area (Å²) < 4.78 is 5.59. The van der Waals surface area contributed by atoms with E-state index in [4.69, 9.17) is 4.74 Å². The van der Waals surface area contributed by atoms with Gasteiger partial charge in [-0.2, -0.15) is 0 Å². The number of nitrogens with zero attached hydrogens (tertiary/aromatic N) is 2. The Balaban J connectivity index is 1.73. The van der Waals surface area contributed by atoms with Crippen LogP contribution in [0, 0.1) is 11.3 Å². The second-order valence-electron chi connectivity index (χ2n) is 6.86. The predicted octanol–water partition coefficient (Wildman–Crippen LogP) is 1.99. The third-order valence-corrected chi connectivity index (χ3v) is 4.84. The highest BCUT2D eigenvalue weighted by Crippen LogP contribution is 2.53. The van der Waals surface area contributed by atoms with E-state index in [1.165, 1.54) is 0 Å². The van der Waals surface area contributed by atoms with Crippen molar-refractivity contribution in [2.75, 3.05) is 39.3 Å². The van der Waals surface area contributed by atoms with Gasteiger partial charge in [-0.15, -0.1) is 0 Å². The maximum absolute atomic E-state index is 12.6. The minimum Gasteiger partial charge on any atom is -0.377 e. The molecule has 0 aromatic heterocycles. The number of hydrogen-bond donors (Lipinski definition) is 0. The first-order valence-corrected chi connectivity index (χ1v) is 8.09. The smallest absolute Gasteiger partial charge is 0.229 e. The van der Waals surface area contributed by atoms with Gasteiger partial charge < -0.3 is 9.64 Å². The van der Waals surface area contributed by atoms with Crippen molar-refractivity contribution in [1.82, 2.24) is 9.80 Å². The minimum atomic E-state index is -0.0110. The first-order chi connectivity index (χ1) is 9.45. The molecule has 2 aliphatic rings. The Bertz CT molecular complexity index is 329. The van der Waals surface area contributed by atoms with Gasteiger partial charge in [-0.3, -0.25) is 9.69 Å². The fraction of sp³-hybridized carbons (Fsp3) is 0.938. The summed E-state index contributed by atoms with van der Waals surface area (Å²) in [5.74, 6) is 0.887. The molecule has 0 aromatic rings. The lowest BCUT2D eigenvalue weighted by atomic mass is 9.90. The zero-order chi connectivity index (χ0) is 14.8. The van der Waals surface area contributed by atoms with E-state index in [0.717, 1.165) is 52.2 Å². The van der Waals surface area contributed by atoms with Gasteiger partial charge in [-0.25, -0.2) is 0 Å². The van der Waals surface area contributed by atoms with Crippen molar-refractivity contribution in [3.8, 4) is 0 Å². The highest BCUT2D eigenvalue weighted by Gasteiger charge is 2.53. The summed E-state index contributed by atoms with van der Waals surface area (Å²) >= 11 is 0. The van der Waals surface area contributed by atoms with Gasteiger partial charge in [0, 0.05) is 32.7 Å². The number of ether oxygens (including phenoxy) is 1. The SMILES string of the molecule is CC(C)OCCN1CCN(C(=O)C2(C(C)C)CC2)CC1. The van der Waals surface area contributed by atoms with Gasteiger partial charge in [0.2, 0.25) is 5.91 Å². The van der Waals surface area contributed by atoms with Crippen molar-refractivity contribution in [3.05, 3.63) is 0 Å². The zero-order valence-electron chi connectivity index (χ0n) is 13.5. The van der Waals surface area contributed by atoms with Gasteiger partial charge in [0.15, 0.2) is 0 Å². The Labute approximate surface area is 123 Å². The van der Waals surface area contributed by atoms with Crippen LogP contribution in [0.4, 0.5) is 0 Å². The fourth-order valence-electron chi connectivity index (χ4n) is 3.08. The standard InChI is InChI=1S/C16H30N2O2/c1-13(2)16(5-6-16)15(19)18-9-7-17(8-10-18)11-12-20-14(3)4/h13-14H,5-12H2,1-4H3. The molecule has 0 unspecified atom stereocenters. The summed E-state index contributed by atoms with van der Waals surface area (Å²) in [5.41, 5.74) is -0.0110. The number of carbonyl (C=O) groups excluding carboxylic acids is 1. The van der Waals surface area contributed by atoms with E-state index < -0.39 is 0 Å². The molecule has 0 atom stereocenters. The molecule has 2 rings (SSSR count). The second-order valence-corrected chi connectivity index (χ2v) is 6.86. The van der Waals surface area contributed by atoms with E-state index in [2.05, 4.69) is 37.5 Å². The van der Waals surface area contributed by atoms with Crippen LogP contribution in [0.5, 0.6) is 0 Å². The molecular weight excluding hydrogens is 252 g/mol. The number of carbonyl (C=O) groups is 1. The van der Waals surface area contributed by atoms with Crippen molar-refractivity contribution < 1.29 is 9.53 Å². The Kier molecular flexibility index (Phi) is 5.08. The van der Waals surface area contributed by atoms with Crippen molar-refractivity contribution in [2.24, 2.45) is 11.3 Å². The summed E-state index contributed by atoms with van der Waals surface area (Å²) in [6.45, 7) is 14.0. The molecule has 2 fully saturated rings. The van der Waals surface area contributed by atoms with E-state index in [-0.39, 0.29) is 5.41 Å². The largest absolute Gasteiger partial charge is 0.377 e. The highest BCUT2D eigenvalue weighted by molar-refractivity contribution is 5.85. The van der Waals surface area contributed by atoms with Crippen molar-refractivity contribution >= 4 is 5.91 Å². The van der Waals surface area contributed by atoms with Crippen LogP contribution in [0.25, 0.3) is 0 Å². The van der Waals surface area contributed by atoms with E-state index in [1.807, 2.05) is 0 Å². The van der Waals surface area contributed by atoms with Gasteiger partial charge >= 0.3 is 0 Å². The number of amides is 1. The molecule has 1 amide bonds. The van der Waals surface area contributed by atoms with Crippen molar-refractivity contribution in [3.63, 3.8) is 0 Å². The van der Waals surface area contributed by atoms with Gasteiger partial charge in [0.05, 0.1) is 18.1 Å². The Morgan fingerprint density at radius 1 is 1.10 bits per heavy atom. The molecule has 0 N–H and O–H groups in total. The van der Waals surface area contributed by atoms with Gasteiger partial charge in [-0.05, 0) is 32.6 Å². The normalized spacial score (nSPS) is 22.6. The minimum absolute atomic E-state index is 0.0110. The van der Waals surface area contributed by atoms with Crippen molar-refractivity contribution in [2.45, 2.75) is 46.6 Å². The van der Waals surface area contributed by atoms with E-state index >= 15 is 0 Å². The lowest BCUT2D eigenvalue weighted by molar-refractivity contribution is -0.140. The molecule has 1 saturated heterocycles. The quantitative estimate of drug-likeness (QED) is 0.747. The lowest BCUT2D eigenvalue weighted by Crippen LogP contribution is -2.52. The molecule has 1 aliphatic heterocycles. The monoisotopic (exact) mass is 282 g/mol. The first-order valence-electron chi connectivity index (χ1n) is 8.09. The summed E-state index contributed by atoms with van der Waals surface area (Å²) in [6, 6.07) is 0. The molecule has 4 nitrogen and oxygen atoms in total. The summed E-state index contributed by atoms with van der Waals surface area (Å²) in [6.07, 6.45) is 2.48. The lowest BCUT2D eigenvalue weighted by Gasteiger charge is -2.37. The van der Waals surface area contributed by atoms with Crippen LogP contribution in [0.15, 0.2) is 0 Å². The molecule has 0 spiro atoms. The maximum Gasteiger partial charge on any atom is 0.229 e. The molecule has 116 valence electrons. The molecule has 1 heterocycles. The maximum atomic E-state index is 12.6. The Morgan fingerprint density at radius 2 is 1.70 bits per heavy atom. The van der Waals surface area contributed by atoms with Crippen LogP contribution in [-0.4, -0.2) is 61.1 Å². The Morgan fingerprint density at radius 3 is 2.15 bits per heavy atom. The molecule has 0 aromatic carbocycles. The zero-order valence-corrected chi connectivity index (χ0v) is 13.5. The Hall–Kier alpha value is -0.610. The number of rotatable bonds is 6. The van der Waals surface area contributed by atoms with Crippen LogP contribution in [0.2, 0.25) is 0 Å². The summed E-state index contributed by atoms with van der Waals surface area (Å²) in [7, 11) is 0. The van der Waals surface area contributed by atoms with Crippen LogP contribution >= 0.6 is 0 Å². The van der Waals surface area contributed by atoms with E-state index in [0.29, 0.717) is 17.9 Å². The number of piperazine rings is 1. The summed E-state index contributed by atoms with van der Waals surface area (Å²) in [5, 5.41) is 0. The van der Waals surface area contributed by atoms with Crippen LogP contribution < -0.4 is 0 Å². The van der Waals surface area contributed by atoms with E-state index in [9.17, 15) is 4.79 Å². The topological polar surface area (TPSA) is 32.8 Å². The van der Waals surface area contributed by atoms with E-state index in [1.54, 1.807) is 0 Å². The highest BCUT2D eigenvalue weighted by atomic mass is 16.5. The van der Waals surface area contributed by atoms with Gasteiger partial charge in [0.25, 0.3) is 0 Å². The molecule has 1 saturated carbocycles. The number of hydrogen-bond acceptors (Lipinski definition) is 3. The van der Waals surface area contributed by atoms with Crippen molar-refractivity contribution in [1.29, 1.82) is 0 Å². The second kappa shape index (κ2) is 6.44. The molecule has 20 heavy (non-hydrogen) atoms. The predicted molar refractivity (Wildman–Crippen MR) is 80.6 cm³/mol. The molecule has 0 radical (unpaired) electrons. The van der Waals surface area contributed by atoms with Gasteiger partial charge in [-0.1, -0.05) is 13.8 Å². The molecule has 4 heteroatoms. The molecular formula is C16H30N2O2. The van der Waals surface area contributed by atoms with Crippen LogP contribution in [-0.2, 0) is 9.53 Å². The average molecular weight is 282 g/mol. The third-order valence-electron chi connectivity index (χ3n) is 4.84. The fourth-order valence-corrected chi connectivity index (χ4v) is 3.08.